The number of nitrogens with two attached hydrogens (primary N) is 1. The van der Waals surface area contributed by atoms with Crippen molar-refractivity contribution < 1.29 is 13.2 Å². The monoisotopic (exact) mass is 299 g/mol. The zero-order valence-electron chi connectivity index (χ0n) is 9.06. The van der Waals surface area contributed by atoms with Crippen molar-refractivity contribution in [1.29, 1.82) is 0 Å². The average Bonchev–Trinajstić information content (AvgIpc) is 2.25. The van der Waals surface area contributed by atoms with Crippen molar-refractivity contribution >= 4 is 35.1 Å². The molecule has 0 saturated carbocycles. The summed E-state index contributed by atoms with van der Waals surface area (Å²) in [7, 11) is 0. The molecule has 0 bridgehead atoms. The Morgan fingerprint density at radius 2 is 1.83 bits per heavy atom. The third kappa shape index (κ3) is 4.04. The summed E-state index contributed by atoms with van der Waals surface area (Å²) in [6.45, 7) is 0.416. The Labute approximate surface area is 112 Å². The number of anilines is 1. The standard InChI is InChI=1S/C10H10Cl2F3N3/c11-7-4-6(10(13,14)15)5-8(12)9(7)18-17-3-1-2-16/h3-5,18H,1-2,16H2/b17-3+. The second kappa shape index (κ2) is 6.26. The van der Waals surface area contributed by atoms with Crippen LogP contribution in [0.15, 0.2) is 17.2 Å². The lowest BCUT2D eigenvalue weighted by atomic mass is 10.2. The highest BCUT2D eigenvalue weighted by molar-refractivity contribution is 6.39. The number of hydrogen-bond donors (Lipinski definition) is 2. The SMILES string of the molecule is NCC/C=N/Nc1c(Cl)cc(C(F)(F)F)cc1Cl. The number of alkyl halides is 3. The van der Waals surface area contributed by atoms with Crippen LogP contribution < -0.4 is 11.2 Å². The summed E-state index contributed by atoms with van der Waals surface area (Å²) in [5.41, 5.74) is 6.93. The Morgan fingerprint density at radius 1 is 1.28 bits per heavy atom. The first-order valence-electron chi connectivity index (χ1n) is 4.90. The predicted octanol–water partition coefficient (Wildman–Crippen LogP) is 3.76. The molecule has 0 heterocycles. The minimum atomic E-state index is -4.49. The summed E-state index contributed by atoms with van der Waals surface area (Å²) >= 11 is 11.4. The van der Waals surface area contributed by atoms with Crippen molar-refractivity contribution in [3.63, 3.8) is 0 Å². The Balaban J connectivity index is 2.95. The van der Waals surface area contributed by atoms with Crippen molar-refractivity contribution in [1.82, 2.24) is 0 Å². The number of hydrazone groups is 1. The Kier molecular flexibility index (Phi) is 5.25. The van der Waals surface area contributed by atoms with Crippen LogP contribution in [-0.2, 0) is 6.18 Å². The molecule has 0 amide bonds. The van der Waals surface area contributed by atoms with E-state index in [4.69, 9.17) is 28.9 Å². The van der Waals surface area contributed by atoms with E-state index in [0.29, 0.717) is 13.0 Å². The van der Waals surface area contributed by atoms with Gasteiger partial charge in [-0.1, -0.05) is 23.2 Å². The topological polar surface area (TPSA) is 50.4 Å². The molecule has 0 aliphatic heterocycles. The van der Waals surface area contributed by atoms with Crippen LogP contribution in [0.1, 0.15) is 12.0 Å². The molecular weight excluding hydrogens is 290 g/mol. The van der Waals surface area contributed by atoms with E-state index in [1.807, 2.05) is 0 Å². The normalized spacial score (nSPS) is 12.1. The van der Waals surface area contributed by atoms with Gasteiger partial charge < -0.3 is 5.73 Å². The van der Waals surface area contributed by atoms with Gasteiger partial charge in [-0.15, -0.1) is 0 Å². The molecule has 0 aliphatic carbocycles. The van der Waals surface area contributed by atoms with Crippen LogP contribution in [0.25, 0.3) is 0 Å². The van der Waals surface area contributed by atoms with E-state index < -0.39 is 11.7 Å². The van der Waals surface area contributed by atoms with E-state index in [9.17, 15) is 13.2 Å². The van der Waals surface area contributed by atoms with E-state index in [-0.39, 0.29) is 15.7 Å². The van der Waals surface area contributed by atoms with Gasteiger partial charge in [0.15, 0.2) is 0 Å². The number of rotatable bonds is 4. The van der Waals surface area contributed by atoms with Crippen LogP contribution in [0.5, 0.6) is 0 Å². The van der Waals surface area contributed by atoms with Gasteiger partial charge in [0.2, 0.25) is 0 Å². The molecule has 100 valence electrons. The zero-order chi connectivity index (χ0) is 13.8. The lowest BCUT2D eigenvalue weighted by Crippen LogP contribution is -2.06. The van der Waals surface area contributed by atoms with Gasteiger partial charge in [0.05, 0.1) is 21.3 Å². The third-order valence-electron chi connectivity index (χ3n) is 1.93. The summed E-state index contributed by atoms with van der Waals surface area (Å²) in [6.07, 6.45) is -2.48. The first-order valence-corrected chi connectivity index (χ1v) is 5.65. The van der Waals surface area contributed by atoms with E-state index in [1.54, 1.807) is 0 Å². The maximum absolute atomic E-state index is 12.5. The van der Waals surface area contributed by atoms with Gasteiger partial charge in [-0.3, -0.25) is 5.43 Å². The number of nitrogens with zero attached hydrogens (tertiary/aromatic N) is 1. The molecule has 1 rings (SSSR count). The van der Waals surface area contributed by atoms with Gasteiger partial charge >= 0.3 is 6.18 Å². The van der Waals surface area contributed by atoms with Crippen LogP contribution in [0, 0.1) is 0 Å². The molecule has 0 saturated heterocycles. The van der Waals surface area contributed by atoms with Gasteiger partial charge in [-0.05, 0) is 25.1 Å². The van der Waals surface area contributed by atoms with Crippen LogP contribution in [0.2, 0.25) is 10.0 Å². The van der Waals surface area contributed by atoms with Crippen LogP contribution >= 0.6 is 23.2 Å². The summed E-state index contributed by atoms with van der Waals surface area (Å²) in [5.74, 6) is 0. The number of benzene rings is 1. The van der Waals surface area contributed by atoms with Crippen LogP contribution in [0.3, 0.4) is 0 Å². The number of hydrogen-bond acceptors (Lipinski definition) is 3. The molecule has 3 nitrogen and oxygen atoms in total. The highest BCUT2D eigenvalue weighted by atomic mass is 35.5. The maximum Gasteiger partial charge on any atom is 0.416 e. The molecule has 0 aromatic heterocycles. The van der Waals surface area contributed by atoms with Crippen LogP contribution in [-0.4, -0.2) is 12.8 Å². The maximum atomic E-state index is 12.5. The average molecular weight is 300 g/mol. The van der Waals surface area contributed by atoms with Crippen molar-refractivity contribution in [2.45, 2.75) is 12.6 Å². The number of halogens is 5. The molecule has 0 atom stereocenters. The summed E-state index contributed by atoms with van der Waals surface area (Å²) in [5, 5.41) is 3.43. The molecule has 0 fully saturated rings. The highest BCUT2D eigenvalue weighted by Crippen LogP contribution is 2.38. The molecule has 0 unspecified atom stereocenters. The van der Waals surface area contributed by atoms with Gasteiger partial charge in [0.1, 0.15) is 0 Å². The fourth-order valence-corrected chi connectivity index (χ4v) is 1.66. The fraction of sp³-hybridized carbons (Fsp3) is 0.300. The van der Waals surface area contributed by atoms with E-state index in [2.05, 4.69) is 10.5 Å². The lowest BCUT2D eigenvalue weighted by molar-refractivity contribution is -0.137. The summed E-state index contributed by atoms with van der Waals surface area (Å²) in [4.78, 5) is 0. The zero-order valence-corrected chi connectivity index (χ0v) is 10.6. The third-order valence-corrected chi connectivity index (χ3v) is 2.53. The van der Waals surface area contributed by atoms with Crippen LogP contribution in [0.4, 0.5) is 18.9 Å². The minimum Gasteiger partial charge on any atom is -0.330 e. The molecule has 0 aliphatic rings. The van der Waals surface area contributed by atoms with Crippen molar-refractivity contribution in [3.8, 4) is 0 Å². The smallest absolute Gasteiger partial charge is 0.330 e. The van der Waals surface area contributed by atoms with Gasteiger partial charge in [-0.2, -0.15) is 18.3 Å². The molecule has 8 heteroatoms. The quantitative estimate of drug-likeness (QED) is 0.657. The molecular formula is C10H10Cl2F3N3. The molecule has 1 aromatic rings. The molecule has 18 heavy (non-hydrogen) atoms. The summed E-state index contributed by atoms with van der Waals surface area (Å²) in [6, 6.07) is 1.57. The largest absolute Gasteiger partial charge is 0.416 e. The molecule has 0 radical (unpaired) electrons. The fourth-order valence-electron chi connectivity index (χ4n) is 1.09. The molecule has 1 aromatic carbocycles. The number of nitrogens with one attached hydrogen (secondary N) is 1. The van der Waals surface area contributed by atoms with E-state index >= 15 is 0 Å². The second-order valence-corrected chi connectivity index (χ2v) is 4.13. The van der Waals surface area contributed by atoms with E-state index in [1.165, 1.54) is 6.21 Å². The van der Waals surface area contributed by atoms with E-state index in [0.717, 1.165) is 12.1 Å². The lowest BCUT2D eigenvalue weighted by Gasteiger charge is -2.11. The molecule has 3 N–H and O–H groups in total. The Hall–Kier alpha value is -0.980. The predicted molar refractivity (Wildman–Crippen MR) is 67.3 cm³/mol. The first-order chi connectivity index (χ1) is 8.36. The van der Waals surface area contributed by atoms with Crippen molar-refractivity contribution in [2.24, 2.45) is 10.8 Å². The van der Waals surface area contributed by atoms with Gasteiger partial charge in [0.25, 0.3) is 0 Å². The summed E-state index contributed by atoms with van der Waals surface area (Å²) < 4.78 is 37.4. The van der Waals surface area contributed by atoms with Crippen molar-refractivity contribution in [2.75, 3.05) is 12.0 Å². The van der Waals surface area contributed by atoms with Crippen molar-refractivity contribution in [3.05, 3.63) is 27.7 Å². The second-order valence-electron chi connectivity index (χ2n) is 3.31. The molecule has 0 spiro atoms. The first kappa shape index (κ1) is 15.1. The van der Waals surface area contributed by atoms with Gasteiger partial charge in [0, 0.05) is 6.21 Å². The van der Waals surface area contributed by atoms with Gasteiger partial charge in [-0.25, -0.2) is 0 Å². The Morgan fingerprint density at radius 3 is 2.28 bits per heavy atom. The minimum absolute atomic E-state index is 0.125. The highest BCUT2D eigenvalue weighted by Gasteiger charge is 2.31. The Bertz CT molecular complexity index is 423.